The smallest absolute Gasteiger partial charge is 0.139 e. The molecule has 14 heteroatoms. The molecule has 0 saturated carbocycles. The van der Waals surface area contributed by atoms with Gasteiger partial charge in [-0.25, -0.2) is 0 Å². The SMILES string of the molecule is Bc1c(B)c(B)c(-c2cc(S(c3ccccc3)(c3ccccc3)c3ccccc3)cc(-c3c(B)c(B)c(B)c(B)c3B)c2-n2c3ccccc3c3cc(-n4c5ccccc5c5cccc(-c6ccccc6-c6ccc7oc8ccccc8c7c6)c54)ccc32)c(B)c1B. The third-order valence-corrected chi connectivity index (χ3v) is 24.9. The van der Waals surface area contributed by atoms with Crippen molar-refractivity contribution in [3.05, 3.63) is 255 Å². The van der Waals surface area contributed by atoms with Crippen LogP contribution in [-0.2, 0) is 0 Å². The summed E-state index contributed by atoms with van der Waals surface area (Å²) in [6.07, 6.45) is 0. The first-order chi connectivity index (χ1) is 44.8. The lowest BCUT2D eigenvalue weighted by Crippen LogP contribution is -2.55. The zero-order chi connectivity index (χ0) is 62.8. The molecule has 0 atom stereocenters. The highest BCUT2D eigenvalue weighted by molar-refractivity contribution is 8.34. The molecule has 0 radical (unpaired) electrons. The number of furan rings is 1. The number of nitrogens with zero attached hydrogens (tertiary/aromatic N) is 2. The van der Waals surface area contributed by atoms with Crippen LogP contribution in [0.25, 0.3) is 121 Å². The maximum absolute atomic E-state index is 6.35. The first-order valence-electron chi connectivity index (χ1n) is 32.2. The van der Waals surface area contributed by atoms with Gasteiger partial charge in [-0.3, -0.25) is 0 Å². The first kappa shape index (κ1) is 57.4. The van der Waals surface area contributed by atoms with Crippen LogP contribution in [0, 0.1) is 0 Å². The average Bonchev–Trinajstić information content (AvgIpc) is 1.30. The van der Waals surface area contributed by atoms with Crippen LogP contribution in [0.1, 0.15) is 0 Å². The van der Waals surface area contributed by atoms with Crippen LogP contribution in [-0.4, -0.2) is 87.6 Å². The van der Waals surface area contributed by atoms with Crippen molar-refractivity contribution in [3.8, 4) is 55.9 Å². The average molecular weight is 1180 g/mol. The van der Waals surface area contributed by atoms with Crippen LogP contribution in [0.2, 0.25) is 0 Å². The summed E-state index contributed by atoms with van der Waals surface area (Å²) in [6, 6.07) is 95.7. The van der Waals surface area contributed by atoms with Crippen molar-refractivity contribution in [2.45, 2.75) is 19.6 Å². The molecule has 0 aliphatic rings. The predicted octanol–water partition coefficient (Wildman–Crippen LogP) is 4.37. The Balaban J connectivity index is 1.03. The molecule has 0 amide bonds. The largest absolute Gasteiger partial charge is 0.456 e. The molecule has 3 nitrogen and oxygen atoms in total. The maximum Gasteiger partial charge on any atom is 0.139 e. The summed E-state index contributed by atoms with van der Waals surface area (Å²) >= 11 is 0. The van der Waals surface area contributed by atoms with Crippen LogP contribution in [0.15, 0.2) is 279 Å². The van der Waals surface area contributed by atoms with Crippen molar-refractivity contribution in [2.75, 3.05) is 0 Å². The number of hydrogen-bond donors (Lipinski definition) is 0. The lowest BCUT2D eigenvalue weighted by atomic mass is 9.58. The first-order valence-corrected chi connectivity index (χ1v) is 33.9. The van der Waals surface area contributed by atoms with Gasteiger partial charge in [0, 0.05) is 74.3 Å². The van der Waals surface area contributed by atoms with Gasteiger partial charge < -0.3 is 13.6 Å². The standard InChI is InChI=1S/C78H62B10N2OS/c79-67-65(68(80)72(84)75(87)71(67)83)58-41-48(92(45-19-4-1-5-20-45,46-21-6-2-7-22-46)47-23-8-3-9-24-47)42-59(66-69(81)73(85)76(88)74(86)70(66)82)78(58)90-61-33-16-13-28-52(61)56-40-44(36-37-62(56)90)89-60-32-15-12-27-51(60)55-31-18-30-54(77(55)89)50-26-11-10-25-49(50)43-35-38-64-57(39-43)53-29-14-17-34-63(53)91-64/h1-42H,79-88H2. The molecule has 0 aliphatic heterocycles. The molecular weight excluding hydrogens is 1120 g/mol. The molecular formula is C78H62B10N2OS. The molecule has 16 rings (SSSR count). The van der Waals surface area contributed by atoms with Crippen molar-refractivity contribution in [2.24, 2.45) is 0 Å². The van der Waals surface area contributed by atoms with E-state index < -0.39 is 10.0 Å². The third-order valence-electron chi connectivity index (χ3n) is 21.0. The highest BCUT2D eigenvalue weighted by atomic mass is 32.3. The highest BCUT2D eigenvalue weighted by Gasteiger charge is 2.37. The molecule has 0 saturated heterocycles. The van der Waals surface area contributed by atoms with E-state index in [9.17, 15) is 0 Å². The van der Waals surface area contributed by atoms with Gasteiger partial charge in [-0.05, 0) is 125 Å². The van der Waals surface area contributed by atoms with E-state index in [1.54, 1.807) is 0 Å². The second kappa shape index (κ2) is 22.3. The van der Waals surface area contributed by atoms with E-state index >= 15 is 0 Å². The van der Waals surface area contributed by atoms with E-state index in [1.807, 2.05) is 6.07 Å². The van der Waals surface area contributed by atoms with Gasteiger partial charge in [0.2, 0.25) is 0 Å². The fourth-order valence-corrected chi connectivity index (χ4v) is 19.5. The molecule has 13 aromatic carbocycles. The number of benzene rings is 13. The minimum atomic E-state index is -2.19. The topological polar surface area (TPSA) is 23.0 Å². The lowest BCUT2D eigenvalue weighted by molar-refractivity contribution is 0.669. The van der Waals surface area contributed by atoms with E-state index in [0.717, 1.165) is 49.7 Å². The van der Waals surface area contributed by atoms with Crippen LogP contribution >= 0.6 is 10.0 Å². The van der Waals surface area contributed by atoms with Gasteiger partial charge in [0.15, 0.2) is 0 Å². The van der Waals surface area contributed by atoms with Gasteiger partial charge in [0.1, 0.15) is 89.6 Å². The quantitative estimate of drug-likeness (QED) is 0.187. The molecule has 426 valence electrons. The summed E-state index contributed by atoms with van der Waals surface area (Å²) in [6.45, 7) is 0. The molecule has 0 unspecified atom stereocenters. The second-order valence-corrected chi connectivity index (χ2v) is 28.5. The molecule has 0 fully saturated rings. The van der Waals surface area contributed by atoms with Gasteiger partial charge in [-0.15, -0.1) is 42.8 Å². The Kier molecular flexibility index (Phi) is 13.9. The van der Waals surface area contributed by atoms with Crippen LogP contribution in [0.3, 0.4) is 0 Å². The van der Waals surface area contributed by atoms with Gasteiger partial charge in [-0.1, -0.05) is 180 Å². The van der Waals surface area contributed by atoms with E-state index in [1.165, 1.54) is 146 Å². The van der Waals surface area contributed by atoms with Gasteiger partial charge in [-0.2, -0.15) is 0 Å². The zero-order valence-corrected chi connectivity index (χ0v) is 54.8. The Labute approximate surface area is 548 Å². The number of para-hydroxylation sites is 4. The summed E-state index contributed by atoms with van der Waals surface area (Å²) in [4.78, 5) is 5.17. The van der Waals surface area contributed by atoms with Crippen molar-refractivity contribution < 1.29 is 4.42 Å². The second-order valence-electron chi connectivity index (χ2n) is 25.4. The molecule has 0 aliphatic carbocycles. The van der Waals surface area contributed by atoms with Crippen molar-refractivity contribution in [1.29, 1.82) is 0 Å². The van der Waals surface area contributed by atoms with E-state index in [2.05, 4.69) is 336 Å². The predicted molar refractivity (Wildman–Crippen MR) is 426 cm³/mol. The normalized spacial score (nSPS) is 12.1. The fourth-order valence-electron chi connectivity index (χ4n) is 15.6. The number of rotatable bonds is 10. The number of hydrogen-bond acceptors (Lipinski definition) is 1. The van der Waals surface area contributed by atoms with Gasteiger partial charge in [0.05, 0.1) is 27.8 Å². The Morgan fingerprint density at radius 3 is 1.25 bits per heavy atom. The molecule has 0 bridgehead atoms. The third kappa shape index (κ3) is 8.59. The van der Waals surface area contributed by atoms with E-state index in [4.69, 9.17) is 4.42 Å². The minimum absolute atomic E-state index is 0.893. The zero-order valence-electron chi connectivity index (χ0n) is 54.0. The van der Waals surface area contributed by atoms with Gasteiger partial charge >= 0.3 is 0 Å². The Morgan fingerprint density at radius 2 is 0.685 bits per heavy atom. The molecule has 3 heterocycles. The summed E-state index contributed by atoms with van der Waals surface area (Å²) in [7, 11) is 21.3. The lowest BCUT2D eigenvalue weighted by Gasteiger charge is -2.43. The summed E-state index contributed by atoms with van der Waals surface area (Å²) in [5.41, 5.74) is 31.7. The monoisotopic (exact) mass is 1180 g/mol. The van der Waals surface area contributed by atoms with Crippen LogP contribution in [0.5, 0.6) is 0 Å². The fraction of sp³-hybridized carbons (Fsp3) is 0. The van der Waals surface area contributed by atoms with E-state index in [0.29, 0.717) is 0 Å². The Hall–Kier alpha value is -9.74. The maximum atomic E-state index is 6.35. The number of fused-ring (bicyclic) bond motifs is 9. The molecule has 0 N–H and O–H groups in total. The van der Waals surface area contributed by atoms with Crippen molar-refractivity contribution >= 4 is 209 Å². The van der Waals surface area contributed by atoms with Crippen LogP contribution in [0.4, 0.5) is 0 Å². The van der Waals surface area contributed by atoms with E-state index in [-0.39, 0.29) is 0 Å². The Morgan fingerprint density at radius 1 is 0.261 bits per heavy atom. The minimum Gasteiger partial charge on any atom is -0.456 e. The van der Waals surface area contributed by atoms with Gasteiger partial charge in [0.25, 0.3) is 0 Å². The Bertz CT molecular complexity index is 5480. The van der Waals surface area contributed by atoms with Crippen molar-refractivity contribution in [1.82, 2.24) is 9.13 Å². The molecule has 3 aromatic heterocycles. The summed E-state index contributed by atoms with van der Waals surface area (Å²) in [5, 5.41) is 7.06. The van der Waals surface area contributed by atoms with Crippen LogP contribution < -0.4 is 54.6 Å². The molecule has 16 aromatic rings. The molecule has 92 heavy (non-hydrogen) atoms. The molecule has 0 spiro atoms. The summed E-state index contributed by atoms with van der Waals surface area (Å²) < 4.78 is 11.5. The summed E-state index contributed by atoms with van der Waals surface area (Å²) in [5.74, 6) is 0. The highest BCUT2D eigenvalue weighted by Crippen LogP contribution is 2.74. The van der Waals surface area contributed by atoms with Crippen molar-refractivity contribution in [3.63, 3.8) is 0 Å². The number of aromatic nitrogens is 2.